The van der Waals surface area contributed by atoms with Gasteiger partial charge in [-0.3, -0.25) is 9.59 Å². The van der Waals surface area contributed by atoms with Crippen molar-refractivity contribution in [3.63, 3.8) is 0 Å². The molecule has 0 saturated carbocycles. The molecule has 1 heterocycles. The number of nitrogens with zero attached hydrogens (tertiary/aromatic N) is 1. The minimum Gasteiger partial charge on any atom is -0.484 e. The molecule has 5 nitrogen and oxygen atoms in total. The molecule has 0 atom stereocenters. The summed E-state index contributed by atoms with van der Waals surface area (Å²) in [6.07, 6.45) is 1.28. The number of aryl methyl sites for hydroxylation is 1. The van der Waals surface area contributed by atoms with Gasteiger partial charge in [0.2, 0.25) is 5.91 Å². The maximum atomic E-state index is 12.5. The Kier molecular flexibility index (Phi) is 6.35. The molecule has 0 spiro atoms. The van der Waals surface area contributed by atoms with E-state index >= 15 is 0 Å². The second kappa shape index (κ2) is 8.91. The zero-order valence-electron chi connectivity index (χ0n) is 15.3. The van der Waals surface area contributed by atoms with Crippen molar-refractivity contribution in [2.24, 2.45) is 5.92 Å². The Morgan fingerprint density at radius 1 is 1.15 bits per heavy atom. The summed E-state index contributed by atoms with van der Waals surface area (Å²) in [5, 5.41) is 3.55. The van der Waals surface area contributed by atoms with E-state index in [-0.39, 0.29) is 24.3 Å². The van der Waals surface area contributed by atoms with Gasteiger partial charge in [-0.05, 0) is 49.6 Å². The van der Waals surface area contributed by atoms with Crippen LogP contribution in [0.2, 0.25) is 5.02 Å². The molecule has 3 rings (SSSR count). The third kappa shape index (κ3) is 5.23. The van der Waals surface area contributed by atoms with E-state index in [1.807, 2.05) is 49.4 Å². The largest absolute Gasteiger partial charge is 0.484 e. The second-order valence-corrected chi connectivity index (χ2v) is 7.12. The van der Waals surface area contributed by atoms with Gasteiger partial charge in [-0.15, -0.1) is 0 Å². The Morgan fingerprint density at radius 3 is 2.52 bits per heavy atom. The van der Waals surface area contributed by atoms with Gasteiger partial charge < -0.3 is 15.0 Å². The van der Waals surface area contributed by atoms with Crippen molar-refractivity contribution in [3.05, 3.63) is 59.1 Å². The third-order valence-corrected chi connectivity index (χ3v) is 5.17. The van der Waals surface area contributed by atoms with Gasteiger partial charge in [0.25, 0.3) is 5.91 Å². The number of piperidine rings is 1. The smallest absolute Gasteiger partial charge is 0.260 e. The first-order chi connectivity index (χ1) is 13.0. The van der Waals surface area contributed by atoms with Crippen molar-refractivity contribution in [1.82, 2.24) is 4.90 Å². The highest BCUT2D eigenvalue weighted by molar-refractivity contribution is 6.31. The molecule has 0 radical (unpaired) electrons. The quantitative estimate of drug-likeness (QED) is 0.847. The monoisotopic (exact) mass is 386 g/mol. The molecule has 2 amide bonds. The van der Waals surface area contributed by atoms with Crippen LogP contribution in [-0.4, -0.2) is 36.4 Å². The summed E-state index contributed by atoms with van der Waals surface area (Å²) in [5.74, 6) is 0.492. The number of hydrogen-bond acceptors (Lipinski definition) is 3. The van der Waals surface area contributed by atoms with Crippen LogP contribution in [0.15, 0.2) is 48.5 Å². The number of carbonyl (C=O) groups is 2. The van der Waals surface area contributed by atoms with Gasteiger partial charge in [0, 0.05) is 29.7 Å². The molecule has 0 unspecified atom stereocenters. The van der Waals surface area contributed by atoms with E-state index in [1.165, 1.54) is 0 Å². The van der Waals surface area contributed by atoms with E-state index in [0.29, 0.717) is 42.4 Å². The highest BCUT2D eigenvalue weighted by Gasteiger charge is 2.27. The summed E-state index contributed by atoms with van der Waals surface area (Å²) in [4.78, 5) is 26.5. The summed E-state index contributed by atoms with van der Waals surface area (Å²) >= 11 is 6.10. The first-order valence-electron chi connectivity index (χ1n) is 9.05. The van der Waals surface area contributed by atoms with Gasteiger partial charge in [-0.25, -0.2) is 0 Å². The van der Waals surface area contributed by atoms with Gasteiger partial charge in [0.1, 0.15) is 5.75 Å². The summed E-state index contributed by atoms with van der Waals surface area (Å²) in [6, 6.07) is 14.8. The van der Waals surface area contributed by atoms with Crippen LogP contribution in [0, 0.1) is 12.8 Å². The van der Waals surface area contributed by atoms with Crippen LogP contribution in [0.25, 0.3) is 0 Å². The molecule has 1 aliphatic heterocycles. The molecule has 0 aliphatic carbocycles. The van der Waals surface area contributed by atoms with Crippen LogP contribution in [-0.2, 0) is 9.59 Å². The van der Waals surface area contributed by atoms with Crippen molar-refractivity contribution >= 4 is 29.1 Å². The van der Waals surface area contributed by atoms with E-state index in [1.54, 1.807) is 11.0 Å². The predicted molar refractivity (Wildman–Crippen MR) is 106 cm³/mol. The molecule has 0 aromatic heterocycles. The molecular weight excluding hydrogens is 364 g/mol. The number of rotatable bonds is 5. The number of amides is 2. The number of likely N-dealkylation sites (tertiary alicyclic amines) is 1. The third-order valence-electron chi connectivity index (χ3n) is 4.76. The number of hydrogen-bond donors (Lipinski definition) is 1. The van der Waals surface area contributed by atoms with Crippen molar-refractivity contribution in [2.45, 2.75) is 19.8 Å². The SMILES string of the molecule is Cc1ccc(NC(=O)C2CCN(C(=O)COc3ccccc3)CC2)cc1Cl. The van der Waals surface area contributed by atoms with Crippen LogP contribution in [0.5, 0.6) is 5.75 Å². The fourth-order valence-electron chi connectivity index (χ4n) is 3.06. The van der Waals surface area contributed by atoms with Crippen molar-refractivity contribution in [2.75, 3.05) is 25.0 Å². The molecule has 1 N–H and O–H groups in total. The number of nitrogens with one attached hydrogen (secondary N) is 1. The summed E-state index contributed by atoms with van der Waals surface area (Å²) in [7, 11) is 0. The van der Waals surface area contributed by atoms with E-state index in [2.05, 4.69) is 5.32 Å². The van der Waals surface area contributed by atoms with Crippen LogP contribution in [0.1, 0.15) is 18.4 Å². The summed E-state index contributed by atoms with van der Waals surface area (Å²) < 4.78 is 5.51. The molecule has 2 aromatic carbocycles. The fraction of sp³-hybridized carbons (Fsp3) is 0.333. The Bertz CT molecular complexity index is 802. The standard InChI is InChI=1S/C21H23ClN2O3/c1-15-7-8-17(13-19(15)22)23-21(26)16-9-11-24(12-10-16)20(25)14-27-18-5-3-2-4-6-18/h2-8,13,16H,9-12,14H2,1H3,(H,23,26). The Labute approximate surface area is 164 Å². The van der Waals surface area contributed by atoms with Crippen LogP contribution >= 0.6 is 11.6 Å². The molecule has 0 bridgehead atoms. The van der Waals surface area contributed by atoms with E-state index in [4.69, 9.17) is 16.3 Å². The molecule has 2 aromatic rings. The summed E-state index contributed by atoms with van der Waals surface area (Å²) in [6.45, 7) is 3.05. The highest BCUT2D eigenvalue weighted by atomic mass is 35.5. The maximum absolute atomic E-state index is 12.5. The van der Waals surface area contributed by atoms with Crippen molar-refractivity contribution in [3.8, 4) is 5.75 Å². The van der Waals surface area contributed by atoms with Crippen LogP contribution in [0.3, 0.4) is 0 Å². The molecule has 1 aliphatic rings. The van der Waals surface area contributed by atoms with Gasteiger partial charge in [-0.2, -0.15) is 0 Å². The number of halogens is 1. The molecule has 1 fully saturated rings. The van der Waals surface area contributed by atoms with Crippen LogP contribution in [0.4, 0.5) is 5.69 Å². The number of para-hydroxylation sites is 1. The van der Waals surface area contributed by atoms with E-state index in [9.17, 15) is 9.59 Å². The molecule has 27 heavy (non-hydrogen) atoms. The highest BCUT2D eigenvalue weighted by Crippen LogP contribution is 2.23. The minimum atomic E-state index is -0.107. The maximum Gasteiger partial charge on any atom is 0.260 e. The molecule has 1 saturated heterocycles. The first-order valence-corrected chi connectivity index (χ1v) is 9.43. The molecule has 142 valence electrons. The average molecular weight is 387 g/mol. The molecular formula is C21H23ClN2O3. The summed E-state index contributed by atoms with van der Waals surface area (Å²) in [5.41, 5.74) is 1.67. The number of ether oxygens (including phenoxy) is 1. The Hall–Kier alpha value is -2.53. The molecule has 6 heteroatoms. The predicted octanol–water partition coefficient (Wildman–Crippen LogP) is 3.90. The second-order valence-electron chi connectivity index (χ2n) is 6.71. The van der Waals surface area contributed by atoms with Gasteiger partial charge in [0.05, 0.1) is 0 Å². The van der Waals surface area contributed by atoms with Gasteiger partial charge >= 0.3 is 0 Å². The van der Waals surface area contributed by atoms with Gasteiger partial charge in [0.15, 0.2) is 6.61 Å². The Morgan fingerprint density at radius 2 is 1.85 bits per heavy atom. The number of carbonyl (C=O) groups excluding carboxylic acids is 2. The fourth-order valence-corrected chi connectivity index (χ4v) is 3.24. The normalized spacial score (nSPS) is 14.7. The Balaban J connectivity index is 1.45. The van der Waals surface area contributed by atoms with Crippen molar-refractivity contribution in [1.29, 1.82) is 0 Å². The van der Waals surface area contributed by atoms with Gasteiger partial charge in [-0.1, -0.05) is 35.9 Å². The lowest BCUT2D eigenvalue weighted by atomic mass is 9.95. The first kappa shape index (κ1) is 19.2. The number of benzene rings is 2. The number of anilines is 1. The topological polar surface area (TPSA) is 58.6 Å². The lowest BCUT2D eigenvalue weighted by Gasteiger charge is -2.31. The van der Waals surface area contributed by atoms with Crippen molar-refractivity contribution < 1.29 is 14.3 Å². The van der Waals surface area contributed by atoms with E-state index < -0.39 is 0 Å². The lowest BCUT2D eigenvalue weighted by molar-refractivity contribution is -0.136. The minimum absolute atomic E-state index is 0.0166. The zero-order valence-corrected chi connectivity index (χ0v) is 16.0. The zero-order chi connectivity index (χ0) is 19.2. The van der Waals surface area contributed by atoms with Crippen LogP contribution < -0.4 is 10.1 Å². The average Bonchev–Trinajstić information content (AvgIpc) is 2.70. The lowest BCUT2D eigenvalue weighted by Crippen LogP contribution is -2.43. The van der Waals surface area contributed by atoms with E-state index in [0.717, 1.165) is 5.56 Å².